The van der Waals surface area contributed by atoms with Crippen molar-refractivity contribution in [2.45, 2.75) is 38.5 Å². The van der Waals surface area contributed by atoms with Gasteiger partial charge < -0.3 is 0 Å². The number of aryl methyl sites for hydroxylation is 1. The van der Waals surface area contributed by atoms with Crippen LogP contribution in [-0.2, 0) is 12.8 Å². The zero-order valence-corrected chi connectivity index (χ0v) is 12.9. The van der Waals surface area contributed by atoms with E-state index in [2.05, 4.69) is 54.6 Å². The molecule has 22 heavy (non-hydrogen) atoms. The molecule has 1 aliphatic carbocycles. The minimum absolute atomic E-state index is 1.13. The normalized spacial score (nSPS) is 15.1. The lowest BCUT2D eigenvalue weighted by Crippen LogP contribution is -2.05. The number of pyridine rings is 1. The summed E-state index contributed by atoms with van der Waals surface area (Å²) in [5.74, 6) is 0. The maximum Gasteiger partial charge on any atom is 0.0711 e. The molecule has 0 saturated heterocycles. The SMILES string of the molecule is c1ccc(-c2c3c(nc4ccccc24)CCCCCC3)cc1. The van der Waals surface area contributed by atoms with Crippen LogP contribution in [0, 0.1) is 0 Å². The van der Waals surface area contributed by atoms with Crippen LogP contribution in [0.3, 0.4) is 0 Å². The van der Waals surface area contributed by atoms with Crippen molar-refractivity contribution in [3.8, 4) is 11.1 Å². The maximum atomic E-state index is 5.00. The lowest BCUT2D eigenvalue weighted by molar-refractivity contribution is 0.611. The summed E-state index contributed by atoms with van der Waals surface area (Å²) in [7, 11) is 0. The molecule has 0 unspecified atom stereocenters. The van der Waals surface area contributed by atoms with E-state index in [4.69, 9.17) is 4.98 Å². The van der Waals surface area contributed by atoms with Crippen LogP contribution < -0.4 is 0 Å². The third-order valence-electron chi connectivity index (χ3n) is 4.73. The van der Waals surface area contributed by atoms with Gasteiger partial charge in [0.05, 0.1) is 5.52 Å². The number of aromatic nitrogens is 1. The molecule has 110 valence electrons. The third kappa shape index (κ3) is 2.41. The van der Waals surface area contributed by atoms with E-state index in [1.165, 1.54) is 53.5 Å². The highest BCUT2D eigenvalue weighted by molar-refractivity contribution is 5.96. The molecule has 2 aromatic carbocycles. The first-order valence-electron chi connectivity index (χ1n) is 8.39. The van der Waals surface area contributed by atoms with Gasteiger partial charge in [-0.05, 0) is 48.4 Å². The molecule has 0 fully saturated rings. The smallest absolute Gasteiger partial charge is 0.0711 e. The van der Waals surface area contributed by atoms with Crippen molar-refractivity contribution in [1.29, 1.82) is 0 Å². The van der Waals surface area contributed by atoms with Gasteiger partial charge in [-0.2, -0.15) is 0 Å². The molecule has 1 aliphatic rings. The second kappa shape index (κ2) is 5.92. The molecular weight excluding hydrogens is 266 g/mol. The first-order valence-corrected chi connectivity index (χ1v) is 8.39. The molecule has 0 radical (unpaired) electrons. The molecule has 1 aromatic heterocycles. The van der Waals surface area contributed by atoms with Gasteiger partial charge in [0.15, 0.2) is 0 Å². The van der Waals surface area contributed by atoms with Gasteiger partial charge >= 0.3 is 0 Å². The van der Waals surface area contributed by atoms with E-state index in [-0.39, 0.29) is 0 Å². The van der Waals surface area contributed by atoms with Crippen molar-refractivity contribution in [3.63, 3.8) is 0 Å². The van der Waals surface area contributed by atoms with Gasteiger partial charge in [-0.15, -0.1) is 0 Å². The molecule has 0 atom stereocenters. The number of hydrogen-bond donors (Lipinski definition) is 0. The topological polar surface area (TPSA) is 12.9 Å². The van der Waals surface area contributed by atoms with Crippen LogP contribution in [0.4, 0.5) is 0 Å². The Morgan fingerprint density at radius 1 is 0.682 bits per heavy atom. The zero-order chi connectivity index (χ0) is 14.8. The number of para-hydroxylation sites is 1. The Morgan fingerprint density at radius 2 is 1.41 bits per heavy atom. The highest BCUT2D eigenvalue weighted by atomic mass is 14.7. The first kappa shape index (κ1) is 13.5. The van der Waals surface area contributed by atoms with Crippen LogP contribution in [0.2, 0.25) is 0 Å². The fourth-order valence-electron chi connectivity index (χ4n) is 3.66. The fourth-order valence-corrected chi connectivity index (χ4v) is 3.66. The van der Waals surface area contributed by atoms with Crippen molar-refractivity contribution < 1.29 is 0 Å². The van der Waals surface area contributed by atoms with E-state index in [1.807, 2.05) is 0 Å². The summed E-state index contributed by atoms with van der Waals surface area (Å²) in [6.07, 6.45) is 7.53. The van der Waals surface area contributed by atoms with Crippen LogP contribution in [-0.4, -0.2) is 4.98 Å². The Hall–Kier alpha value is -2.15. The molecule has 0 N–H and O–H groups in total. The largest absolute Gasteiger partial charge is 0.253 e. The van der Waals surface area contributed by atoms with E-state index in [0.717, 1.165) is 18.4 Å². The molecule has 0 saturated carbocycles. The monoisotopic (exact) mass is 287 g/mol. The van der Waals surface area contributed by atoms with Crippen LogP contribution in [0.15, 0.2) is 54.6 Å². The fraction of sp³-hybridized carbons (Fsp3) is 0.286. The Kier molecular flexibility index (Phi) is 3.64. The molecule has 4 rings (SSSR count). The standard InChI is InChI=1S/C21H21N/c1-2-7-14-19-17(12-6-1)21(16-10-4-3-5-11-16)18-13-8-9-15-20(18)22-19/h3-5,8-11,13,15H,1-2,6-7,12,14H2. The lowest BCUT2D eigenvalue weighted by atomic mass is 9.88. The highest BCUT2D eigenvalue weighted by Crippen LogP contribution is 2.35. The van der Waals surface area contributed by atoms with Gasteiger partial charge in [0.2, 0.25) is 0 Å². The summed E-state index contributed by atoms with van der Waals surface area (Å²) < 4.78 is 0. The average Bonchev–Trinajstić information content (AvgIpc) is 2.55. The van der Waals surface area contributed by atoms with Crippen molar-refractivity contribution in [3.05, 3.63) is 65.9 Å². The molecule has 0 spiro atoms. The van der Waals surface area contributed by atoms with Gasteiger partial charge in [-0.3, -0.25) is 4.98 Å². The number of rotatable bonds is 1. The van der Waals surface area contributed by atoms with E-state index >= 15 is 0 Å². The Morgan fingerprint density at radius 3 is 2.27 bits per heavy atom. The van der Waals surface area contributed by atoms with Crippen molar-refractivity contribution in [2.75, 3.05) is 0 Å². The van der Waals surface area contributed by atoms with E-state index in [0.29, 0.717) is 0 Å². The van der Waals surface area contributed by atoms with Gasteiger partial charge in [-0.25, -0.2) is 0 Å². The van der Waals surface area contributed by atoms with Gasteiger partial charge in [0.25, 0.3) is 0 Å². The number of benzene rings is 2. The summed E-state index contributed by atoms with van der Waals surface area (Å²) in [5.41, 5.74) is 6.71. The molecule has 0 amide bonds. The second-order valence-electron chi connectivity index (χ2n) is 6.21. The Labute approximate surface area is 132 Å². The average molecular weight is 287 g/mol. The molecular formula is C21H21N. The van der Waals surface area contributed by atoms with E-state index < -0.39 is 0 Å². The predicted octanol–water partition coefficient (Wildman–Crippen LogP) is 5.56. The van der Waals surface area contributed by atoms with Crippen molar-refractivity contribution in [1.82, 2.24) is 4.98 Å². The minimum Gasteiger partial charge on any atom is -0.253 e. The summed E-state index contributed by atoms with van der Waals surface area (Å²) >= 11 is 0. The van der Waals surface area contributed by atoms with Crippen molar-refractivity contribution in [2.24, 2.45) is 0 Å². The summed E-state index contributed by atoms with van der Waals surface area (Å²) in [6.45, 7) is 0. The minimum atomic E-state index is 1.13. The quantitative estimate of drug-likeness (QED) is 0.571. The van der Waals surface area contributed by atoms with Crippen LogP contribution in [0.1, 0.15) is 36.9 Å². The molecule has 3 aromatic rings. The van der Waals surface area contributed by atoms with Crippen molar-refractivity contribution >= 4 is 10.9 Å². The molecule has 1 nitrogen and oxygen atoms in total. The third-order valence-corrected chi connectivity index (χ3v) is 4.73. The molecule has 1 heteroatoms. The number of nitrogens with zero attached hydrogens (tertiary/aromatic N) is 1. The van der Waals surface area contributed by atoms with E-state index in [1.54, 1.807) is 0 Å². The maximum absolute atomic E-state index is 5.00. The second-order valence-corrected chi connectivity index (χ2v) is 6.21. The Balaban J connectivity index is 2.04. The zero-order valence-electron chi connectivity index (χ0n) is 12.9. The van der Waals surface area contributed by atoms with Gasteiger partial charge in [-0.1, -0.05) is 61.4 Å². The molecule has 0 bridgehead atoms. The first-order chi connectivity index (χ1) is 10.9. The summed E-state index contributed by atoms with van der Waals surface area (Å²) in [4.78, 5) is 5.00. The van der Waals surface area contributed by atoms with Crippen LogP contribution in [0.5, 0.6) is 0 Å². The van der Waals surface area contributed by atoms with Crippen LogP contribution >= 0.6 is 0 Å². The summed E-state index contributed by atoms with van der Waals surface area (Å²) in [5, 5.41) is 1.30. The highest BCUT2D eigenvalue weighted by Gasteiger charge is 2.17. The molecule has 0 aliphatic heterocycles. The summed E-state index contributed by atoms with van der Waals surface area (Å²) in [6, 6.07) is 19.5. The number of hydrogen-bond acceptors (Lipinski definition) is 1. The van der Waals surface area contributed by atoms with Gasteiger partial charge in [0.1, 0.15) is 0 Å². The van der Waals surface area contributed by atoms with Gasteiger partial charge in [0, 0.05) is 11.1 Å². The van der Waals surface area contributed by atoms with Crippen LogP contribution in [0.25, 0.3) is 22.0 Å². The predicted molar refractivity (Wildman–Crippen MR) is 93.1 cm³/mol. The Bertz CT molecular complexity index is 790. The lowest BCUT2D eigenvalue weighted by Gasteiger charge is -2.19. The number of fused-ring (bicyclic) bond motifs is 2. The van der Waals surface area contributed by atoms with E-state index in [9.17, 15) is 0 Å². The molecule has 1 heterocycles.